The van der Waals surface area contributed by atoms with E-state index in [0.29, 0.717) is 6.85 Å². The van der Waals surface area contributed by atoms with E-state index in [1.807, 2.05) is 0 Å². The van der Waals surface area contributed by atoms with Crippen LogP contribution in [-0.4, -0.2) is 19.1 Å². The average molecular weight is 132 g/mol. The summed E-state index contributed by atoms with van der Waals surface area (Å²) in [6, 6.07) is 0. The summed E-state index contributed by atoms with van der Waals surface area (Å²) >= 11 is 4.02. The molecule has 2 nitrogen and oxygen atoms in total. The number of hydrazine groups is 1. The molecule has 0 bridgehead atoms. The molecule has 0 fully saturated rings. The van der Waals surface area contributed by atoms with Crippen molar-refractivity contribution in [1.82, 2.24) is 10.8 Å². The van der Waals surface area contributed by atoms with Crippen molar-refractivity contribution in [1.29, 1.82) is 0 Å². The van der Waals surface area contributed by atoms with Crippen molar-refractivity contribution in [2.24, 2.45) is 0 Å². The molecule has 0 amide bonds. The zero-order valence-corrected chi connectivity index (χ0v) is 6.33. The van der Waals surface area contributed by atoms with Crippen LogP contribution in [0.5, 0.6) is 0 Å². The maximum atomic E-state index is 4.02. The molecule has 0 saturated heterocycles. The first-order valence-corrected chi connectivity index (χ1v) is 3.50. The fourth-order valence-corrected chi connectivity index (χ4v) is 0.444. The lowest BCUT2D eigenvalue weighted by molar-refractivity contribution is 0.702. The quantitative estimate of drug-likeness (QED) is 0.221. The van der Waals surface area contributed by atoms with E-state index in [1.165, 1.54) is 0 Å². The summed E-state index contributed by atoms with van der Waals surface area (Å²) in [4.78, 5) is 0. The molecular weight excluding hydrogens is 119 g/mol. The van der Waals surface area contributed by atoms with Crippen LogP contribution in [0, 0.1) is 0 Å². The largest absolute Gasteiger partial charge is 0.297 e. The molecular formula is C4H13BN2S. The fourth-order valence-electron chi connectivity index (χ4n) is 0.332. The van der Waals surface area contributed by atoms with Crippen LogP contribution in [0.4, 0.5) is 0 Å². The van der Waals surface area contributed by atoms with Crippen LogP contribution in [0.1, 0.15) is 0 Å². The molecule has 0 aliphatic carbocycles. The lowest BCUT2D eigenvalue weighted by Crippen LogP contribution is -2.41. The number of hydrogen-bond acceptors (Lipinski definition) is 3. The first kappa shape index (κ1) is 8.33. The minimum Gasteiger partial charge on any atom is -0.297 e. The first-order valence-electron chi connectivity index (χ1n) is 2.86. The Balaban J connectivity index is 2.72. The van der Waals surface area contributed by atoms with E-state index in [2.05, 4.69) is 37.0 Å². The smallest absolute Gasteiger partial charge is 0.230 e. The standard InChI is InChI=1S/C4H13BN2S/c1-5(2)7-6-3-4-8/h6-8H,3-4H2,1-2H3. The highest BCUT2D eigenvalue weighted by Gasteiger charge is 1.92. The van der Waals surface area contributed by atoms with Gasteiger partial charge in [0.2, 0.25) is 6.85 Å². The third-order valence-corrected chi connectivity index (χ3v) is 0.851. The predicted octanol–water partition coefficient (Wildman–Crippen LogP) is 0.262. The van der Waals surface area contributed by atoms with Crippen LogP contribution < -0.4 is 10.8 Å². The molecule has 0 spiro atoms. The first-order chi connectivity index (χ1) is 3.77. The Labute approximate surface area is 56.9 Å². The van der Waals surface area contributed by atoms with Crippen LogP contribution in [0.3, 0.4) is 0 Å². The van der Waals surface area contributed by atoms with E-state index < -0.39 is 0 Å². The Morgan fingerprint density at radius 1 is 1.50 bits per heavy atom. The molecule has 8 heavy (non-hydrogen) atoms. The van der Waals surface area contributed by atoms with Gasteiger partial charge in [-0.15, -0.1) is 0 Å². The van der Waals surface area contributed by atoms with Gasteiger partial charge in [-0.05, 0) is 0 Å². The molecule has 0 aromatic rings. The van der Waals surface area contributed by atoms with Gasteiger partial charge >= 0.3 is 0 Å². The maximum absolute atomic E-state index is 4.02. The summed E-state index contributed by atoms with van der Waals surface area (Å²) in [5, 5.41) is 3.05. The van der Waals surface area contributed by atoms with Crippen molar-refractivity contribution >= 4 is 19.5 Å². The summed E-state index contributed by atoms with van der Waals surface area (Å²) in [5.41, 5.74) is 3.01. The van der Waals surface area contributed by atoms with Gasteiger partial charge in [-0.3, -0.25) is 10.8 Å². The molecule has 48 valence electrons. The molecule has 0 aromatic carbocycles. The van der Waals surface area contributed by atoms with Crippen molar-refractivity contribution in [2.75, 3.05) is 12.3 Å². The maximum Gasteiger partial charge on any atom is 0.230 e. The van der Waals surface area contributed by atoms with Gasteiger partial charge in [0.05, 0.1) is 0 Å². The Morgan fingerprint density at radius 3 is 2.50 bits per heavy atom. The van der Waals surface area contributed by atoms with E-state index >= 15 is 0 Å². The molecule has 0 aromatic heterocycles. The second kappa shape index (κ2) is 5.47. The number of thiol groups is 1. The van der Waals surface area contributed by atoms with Crippen LogP contribution >= 0.6 is 12.6 Å². The SMILES string of the molecule is CB(C)NNCCS. The zero-order valence-electron chi connectivity index (χ0n) is 5.44. The second-order valence-electron chi connectivity index (χ2n) is 1.95. The molecule has 0 saturated carbocycles. The van der Waals surface area contributed by atoms with Crippen LogP contribution in [0.15, 0.2) is 0 Å². The molecule has 0 aliphatic heterocycles. The van der Waals surface area contributed by atoms with Crippen molar-refractivity contribution in [3.63, 3.8) is 0 Å². The molecule has 0 radical (unpaired) electrons. The lowest BCUT2D eigenvalue weighted by Gasteiger charge is -2.04. The van der Waals surface area contributed by atoms with Gasteiger partial charge in [-0.2, -0.15) is 12.6 Å². The van der Waals surface area contributed by atoms with E-state index in [-0.39, 0.29) is 0 Å². The molecule has 0 rings (SSSR count). The fraction of sp³-hybridized carbons (Fsp3) is 1.00. The topological polar surface area (TPSA) is 24.1 Å². The van der Waals surface area contributed by atoms with E-state index in [4.69, 9.17) is 0 Å². The zero-order chi connectivity index (χ0) is 6.41. The summed E-state index contributed by atoms with van der Waals surface area (Å²) < 4.78 is 0. The van der Waals surface area contributed by atoms with Crippen LogP contribution in [0.2, 0.25) is 13.6 Å². The Bertz CT molecular complexity index is 51.3. The van der Waals surface area contributed by atoms with Gasteiger partial charge in [0.1, 0.15) is 0 Å². The lowest BCUT2D eigenvalue weighted by atomic mass is 9.70. The Hall–Kier alpha value is 0.335. The van der Waals surface area contributed by atoms with Crippen molar-refractivity contribution < 1.29 is 0 Å². The monoisotopic (exact) mass is 132 g/mol. The summed E-state index contributed by atoms with van der Waals surface area (Å²) in [7, 11) is 0. The normalized spacial score (nSPS) is 9.38. The van der Waals surface area contributed by atoms with E-state index in [1.54, 1.807) is 0 Å². The molecule has 0 heterocycles. The third kappa shape index (κ3) is 6.33. The van der Waals surface area contributed by atoms with Gasteiger partial charge in [-0.1, -0.05) is 13.6 Å². The third-order valence-electron chi connectivity index (χ3n) is 0.628. The van der Waals surface area contributed by atoms with Gasteiger partial charge in [0.15, 0.2) is 0 Å². The molecule has 0 atom stereocenters. The number of hydrogen-bond donors (Lipinski definition) is 3. The Kier molecular flexibility index (Phi) is 5.70. The van der Waals surface area contributed by atoms with Crippen LogP contribution in [0.25, 0.3) is 0 Å². The van der Waals surface area contributed by atoms with E-state index in [0.717, 1.165) is 12.3 Å². The number of rotatable bonds is 4. The van der Waals surface area contributed by atoms with Gasteiger partial charge in [-0.25, -0.2) is 0 Å². The summed E-state index contributed by atoms with van der Waals surface area (Å²) in [6.45, 7) is 5.60. The van der Waals surface area contributed by atoms with Gasteiger partial charge in [0.25, 0.3) is 0 Å². The molecule has 4 heteroatoms. The number of nitrogens with one attached hydrogen (secondary N) is 2. The highest BCUT2D eigenvalue weighted by Crippen LogP contribution is 1.68. The second-order valence-corrected chi connectivity index (χ2v) is 2.40. The van der Waals surface area contributed by atoms with Crippen molar-refractivity contribution in [3.05, 3.63) is 0 Å². The Morgan fingerprint density at radius 2 is 2.12 bits per heavy atom. The summed E-state index contributed by atoms with van der Waals surface area (Å²) in [5.74, 6) is 0.875. The van der Waals surface area contributed by atoms with Gasteiger partial charge < -0.3 is 0 Å². The van der Waals surface area contributed by atoms with E-state index in [9.17, 15) is 0 Å². The van der Waals surface area contributed by atoms with Crippen molar-refractivity contribution in [2.45, 2.75) is 13.6 Å². The predicted molar refractivity (Wildman–Crippen MR) is 42.5 cm³/mol. The summed E-state index contributed by atoms with van der Waals surface area (Å²) in [6.07, 6.45) is 0. The minimum atomic E-state index is 0.509. The highest BCUT2D eigenvalue weighted by molar-refractivity contribution is 7.80. The van der Waals surface area contributed by atoms with Crippen molar-refractivity contribution in [3.8, 4) is 0 Å². The van der Waals surface area contributed by atoms with Gasteiger partial charge in [0, 0.05) is 12.3 Å². The molecule has 2 N–H and O–H groups in total. The highest BCUT2D eigenvalue weighted by atomic mass is 32.1. The average Bonchev–Trinajstić information content (AvgIpc) is 1.66. The molecule has 0 unspecified atom stereocenters. The minimum absolute atomic E-state index is 0.509. The van der Waals surface area contributed by atoms with Crippen LogP contribution in [-0.2, 0) is 0 Å². The molecule has 0 aliphatic rings.